The zero-order valence-corrected chi connectivity index (χ0v) is 18.2. The number of nitrogens with zero attached hydrogens (tertiary/aromatic N) is 5. The first-order valence-electron chi connectivity index (χ1n) is 9.87. The van der Waals surface area contributed by atoms with Gasteiger partial charge < -0.3 is 15.1 Å². The van der Waals surface area contributed by atoms with Crippen LogP contribution in [0.25, 0.3) is 0 Å². The maximum atomic E-state index is 12.6. The second kappa shape index (κ2) is 9.75. The molecule has 0 radical (unpaired) electrons. The van der Waals surface area contributed by atoms with Crippen molar-refractivity contribution in [2.75, 3.05) is 43.9 Å². The normalized spacial score (nSPS) is 15.5. The van der Waals surface area contributed by atoms with E-state index >= 15 is 0 Å². The van der Waals surface area contributed by atoms with E-state index in [1.807, 2.05) is 48.5 Å². The van der Waals surface area contributed by atoms with Gasteiger partial charge in [0.15, 0.2) is 15.8 Å². The van der Waals surface area contributed by atoms with Crippen LogP contribution >= 0.6 is 0 Å². The Labute approximate surface area is 177 Å². The van der Waals surface area contributed by atoms with Crippen LogP contribution in [-0.2, 0) is 27.4 Å². The van der Waals surface area contributed by atoms with Gasteiger partial charge in [-0.15, -0.1) is 0 Å². The van der Waals surface area contributed by atoms with Crippen LogP contribution in [-0.4, -0.2) is 73.9 Å². The molecular weight excluding hydrogens is 404 g/mol. The molecule has 162 valence electrons. The van der Waals surface area contributed by atoms with E-state index in [1.165, 1.54) is 0 Å². The SMILES string of the molecule is CN=C(NCCCS(=O)(=O)Cc1ccccc1)N1CCN(c2cnn(C)c2)C(=O)C1. The number of aryl methyl sites for hydroxylation is 1. The molecule has 1 aromatic carbocycles. The van der Waals surface area contributed by atoms with Crippen molar-refractivity contribution in [1.29, 1.82) is 0 Å². The van der Waals surface area contributed by atoms with Gasteiger partial charge in [-0.3, -0.25) is 14.5 Å². The maximum Gasteiger partial charge on any atom is 0.246 e. The second-order valence-corrected chi connectivity index (χ2v) is 9.43. The van der Waals surface area contributed by atoms with Crippen molar-refractivity contribution in [3.8, 4) is 0 Å². The lowest BCUT2D eigenvalue weighted by molar-refractivity contribution is -0.120. The molecule has 0 unspecified atom stereocenters. The number of anilines is 1. The Bertz CT molecular complexity index is 987. The molecule has 2 aromatic rings. The van der Waals surface area contributed by atoms with Crippen molar-refractivity contribution in [3.05, 3.63) is 48.3 Å². The molecule has 1 aliphatic heterocycles. The number of carbonyl (C=O) groups is 1. The van der Waals surface area contributed by atoms with E-state index in [2.05, 4.69) is 15.4 Å². The summed E-state index contributed by atoms with van der Waals surface area (Å²) >= 11 is 0. The van der Waals surface area contributed by atoms with Gasteiger partial charge >= 0.3 is 0 Å². The Morgan fingerprint density at radius 3 is 2.63 bits per heavy atom. The van der Waals surface area contributed by atoms with Gasteiger partial charge in [-0.1, -0.05) is 30.3 Å². The summed E-state index contributed by atoms with van der Waals surface area (Å²) in [6.07, 6.45) is 3.96. The number of guanidine groups is 1. The molecule has 0 spiro atoms. The summed E-state index contributed by atoms with van der Waals surface area (Å²) in [6, 6.07) is 9.18. The van der Waals surface area contributed by atoms with E-state index in [1.54, 1.807) is 22.8 Å². The minimum Gasteiger partial charge on any atom is -0.356 e. The third-order valence-electron chi connectivity index (χ3n) is 4.88. The number of carbonyl (C=O) groups excluding carboxylic acids is 1. The highest BCUT2D eigenvalue weighted by Crippen LogP contribution is 2.16. The summed E-state index contributed by atoms with van der Waals surface area (Å²) in [4.78, 5) is 20.4. The Morgan fingerprint density at radius 1 is 1.23 bits per heavy atom. The summed E-state index contributed by atoms with van der Waals surface area (Å²) in [5.41, 5.74) is 1.58. The minimum atomic E-state index is -3.17. The lowest BCUT2D eigenvalue weighted by Gasteiger charge is -2.35. The minimum absolute atomic E-state index is 0.0253. The van der Waals surface area contributed by atoms with Gasteiger partial charge in [-0.05, 0) is 12.0 Å². The molecule has 9 nitrogen and oxygen atoms in total. The molecule has 1 aromatic heterocycles. The van der Waals surface area contributed by atoms with E-state index in [4.69, 9.17) is 0 Å². The molecule has 1 amide bonds. The highest BCUT2D eigenvalue weighted by molar-refractivity contribution is 7.90. The molecule has 10 heteroatoms. The third kappa shape index (κ3) is 5.82. The lowest BCUT2D eigenvalue weighted by atomic mass is 10.2. The van der Waals surface area contributed by atoms with Crippen LogP contribution < -0.4 is 10.2 Å². The Kier molecular flexibility index (Phi) is 7.09. The summed E-state index contributed by atoms with van der Waals surface area (Å²) < 4.78 is 26.3. The van der Waals surface area contributed by atoms with Crippen molar-refractivity contribution >= 4 is 27.4 Å². The van der Waals surface area contributed by atoms with Crippen molar-refractivity contribution in [3.63, 3.8) is 0 Å². The van der Waals surface area contributed by atoms with Gasteiger partial charge in [0.1, 0.15) is 6.54 Å². The Balaban J connectivity index is 1.45. The number of benzene rings is 1. The number of aromatic nitrogens is 2. The standard InChI is InChI=1S/C20H28N6O3S/c1-21-20(22-9-6-12-30(28,29)16-17-7-4-3-5-8-17)25-10-11-26(19(27)15-25)18-13-23-24(2)14-18/h3-5,7-8,13-14H,6,9-12,15-16H2,1-2H3,(H,21,22). The van der Waals surface area contributed by atoms with Crippen LogP contribution in [0, 0.1) is 0 Å². The van der Waals surface area contributed by atoms with E-state index < -0.39 is 9.84 Å². The van der Waals surface area contributed by atoms with E-state index in [0.29, 0.717) is 32.0 Å². The smallest absolute Gasteiger partial charge is 0.246 e. The summed E-state index contributed by atoms with van der Waals surface area (Å²) in [6.45, 7) is 1.85. The number of nitrogens with one attached hydrogen (secondary N) is 1. The number of piperazine rings is 1. The van der Waals surface area contributed by atoms with Crippen molar-refractivity contribution < 1.29 is 13.2 Å². The van der Waals surface area contributed by atoms with Crippen molar-refractivity contribution in [1.82, 2.24) is 20.0 Å². The largest absolute Gasteiger partial charge is 0.356 e. The van der Waals surface area contributed by atoms with E-state index in [0.717, 1.165) is 11.3 Å². The molecule has 1 aliphatic rings. The molecular formula is C20H28N6O3S. The molecule has 1 N–H and O–H groups in total. The second-order valence-electron chi connectivity index (χ2n) is 7.24. The fraction of sp³-hybridized carbons (Fsp3) is 0.450. The number of amides is 1. The molecule has 1 fully saturated rings. The zero-order valence-electron chi connectivity index (χ0n) is 17.4. The van der Waals surface area contributed by atoms with Crippen molar-refractivity contribution in [2.24, 2.45) is 12.0 Å². The average Bonchev–Trinajstić information content (AvgIpc) is 3.14. The van der Waals surface area contributed by atoms with Gasteiger partial charge in [0.2, 0.25) is 5.91 Å². The Morgan fingerprint density at radius 2 is 2.00 bits per heavy atom. The molecule has 3 rings (SSSR count). The first kappa shape index (κ1) is 21.8. The summed E-state index contributed by atoms with van der Waals surface area (Å²) in [7, 11) is 0.304. The van der Waals surface area contributed by atoms with E-state index in [9.17, 15) is 13.2 Å². The zero-order chi connectivity index (χ0) is 21.6. The monoisotopic (exact) mass is 432 g/mol. The first-order valence-corrected chi connectivity index (χ1v) is 11.7. The van der Waals surface area contributed by atoms with Gasteiger partial charge in [0.05, 0.1) is 23.4 Å². The lowest BCUT2D eigenvalue weighted by Crippen LogP contribution is -2.55. The number of hydrogen-bond donors (Lipinski definition) is 1. The molecule has 1 saturated heterocycles. The van der Waals surface area contributed by atoms with Crippen LogP contribution in [0.15, 0.2) is 47.7 Å². The van der Waals surface area contributed by atoms with Gasteiger partial charge in [-0.25, -0.2) is 8.42 Å². The highest BCUT2D eigenvalue weighted by Gasteiger charge is 2.27. The molecule has 2 heterocycles. The number of rotatable bonds is 7. The number of hydrogen-bond acceptors (Lipinski definition) is 5. The van der Waals surface area contributed by atoms with Crippen LogP contribution in [0.2, 0.25) is 0 Å². The topological polar surface area (TPSA) is 99.9 Å². The van der Waals surface area contributed by atoms with Crippen LogP contribution in [0.5, 0.6) is 0 Å². The quantitative estimate of drug-likeness (QED) is 0.392. The third-order valence-corrected chi connectivity index (χ3v) is 6.56. The summed E-state index contributed by atoms with van der Waals surface area (Å²) in [5.74, 6) is 0.727. The highest BCUT2D eigenvalue weighted by atomic mass is 32.2. The fourth-order valence-electron chi connectivity index (χ4n) is 3.40. The van der Waals surface area contributed by atoms with Crippen LogP contribution in [0.1, 0.15) is 12.0 Å². The number of aliphatic imine (C=N–C) groups is 1. The first-order chi connectivity index (χ1) is 14.4. The predicted molar refractivity (Wildman–Crippen MR) is 117 cm³/mol. The fourth-order valence-corrected chi connectivity index (χ4v) is 4.83. The van der Waals surface area contributed by atoms with Gasteiger partial charge in [0.25, 0.3) is 0 Å². The molecule has 0 aliphatic carbocycles. The number of sulfone groups is 1. The Hall–Kier alpha value is -2.88. The van der Waals surface area contributed by atoms with Crippen LogP contribution in [0.3, 0.4) is 0 Å². The molecule has 30 heavy (non-hydrogen) atoms. The average molecular weight is 433 g/mol. The molecule has 0 bridgehead atoms. The van der Waals surface area contributed by atoms with Crippen molar-refractivity contribution in [2.45, 2.75) is 12.2 Å². The molecule has 0 atom stereocenters. The van der Waals surface area contributed by atoms with E-state index in [-0.39, 0.29) is 24.0 Å². The van der Waals surface area contributed by atoms with Gasteiger partial charge in [-0.2, -0.15) is 5.10 Å². The van der Waals surface area contributed by atoms with Crippen LogP contribution in [0.4, 0.5) is 5.69 Å². The molecule has 0 saturated carbocycles. The maximum absolute atomic E-state index is 12.6. The predicted octanol–water partition coefficient (Wildman–Crippen LogP) is 0.649. The van der Waals surface area contributed by atoms with Gasteiger partial charge in [0, 0.05) is 39.9 Å². The summed E-state index contributed by atoms with van der Waals surface area (Å²) in [5, 5.41) is 7.30.